The molecule has 10 heteroatoms. The third-order valence-corrected chi connectivity index (χ3v) is 6.79. The topological polar surface area (TPSA) is 108 Å². The smallest absolute Gasteiger partial charge is 0.236 e. The first-order chi connectivity index (χ1) is 13.9. The van der Waals surface area contributed by atoms with Gasteiger partial charge in [0.25, 0.3) is 0 Å². The maximum absolute atomic E-state index is 12.8. The molecule has 1 aromatic carbocycles. The summed E-state index contributed by atoms with van der Waals surface area (Å²) in [7, 11) is -0.603. The second-order valence-electron chi connectivity index (χ2n) is 7.36. The monoisotopic (exact) mass is 420 g/mol. The highest BCUT2D eigenvalue weighted by atomic mass is 32.2. The van der Waals surface area contributed by atoms with Crippen molar-refractivity contribution in [1.29, 1.82) is 0 Å². The van der Waals surface area contributed by atoms with E-state index in [2.05, 4.69) is 15.0 Å². The Labute approximate surface area is 169 Å². The third-order valence-electron chi connectivity index (χ3n) is 5.37. The van der Waals surface area contributed by atoms with Crippen LogP contribution in [0.2, 0.25) is 0 Å². The van der Waals surface area contributed by atoms with Gasteiger partial charge >= 0.3 is 0 Å². The summed E-state index contributed by atoms with van der Waals surface area (Å²) < 4.78 is 46.4. The number of sulfonamides is 1. The zero-order valence-electron chi connectivity index (χ0n) is 16.4. The van der Waals surface area contributed by atoms with Crippen LogP contribution < -0.4 is 9.46 Å². The molecule has 0 bridgehead atoms. The van der Waals surface area contributed by atoms with Gasteiger partial charge in [-0.1, -0.05) is 18.0 Å². The SMILES string of the molecule is COc1cc(Cn2cccn2)cc2onc(NS(=O)(=O)CC3(OC)CCCC3)c12. The minimum Gasteiger partial charge on any atom is -0.496 e. The van der Waals surface area contributed by atoms with E-state index in [4.69, 9.17) is 14.0 Å². The summed E-state index contributed by atoms with van der Waals surface area (Å²) in [5.74, 6) is 0.475. The molecule has 4 rings (SSSR count). The lowest BCUT2D eigenvalue weighted by Gasteiger charge is -2.26. The van der Waals surface area contributed by atoms with Gasteiger partial charge in [-0.25, -0.2) is 8.42 Å². The van der Waals surface area contributed by atoms with Crippen LogP contribution in [0.5, 0.6) is 5.75 Å². The largest absolute Gasteiger partial charge is 0.496 e. The Bertz CT molecular complexity index is 1090. The second kappa shape index (κ2) is 7.68. The summed E-state index contributed by atoms with van der Waals surface area (Å²) in [5.41, 5.74) is 0.686. The van der Waals surface area contributed by atoms with Crippen LogP contribution in [0.4, 0.5) is 5.82 Å². The number of methoxy groups -OCH3 is 2. The van der Waals surface area contributed by atoms with Gasteiger partial charge in [-0.15, -0.1) is 0 Å². The van der Waals surface area contributed by atoms with Crippen molar-refractivity contribution in [1.82, 2.24) is 14.9 Å². The van der Waals surface area contributed by atoms with E-state index in [0.717, 1.165) is 31.2 Å². The van der Waals surface area contributed by atoms with Crippen LogP contribution in [-0.2, 0) is 21.3 Å². The van der Waals surface area contributed by atoms with Gasteiger partial charge in [-0.3, -0.25) is 9.40 Å². The highest BCUT2D eigenvalue weighted by molar-refractivity contribution is 7.92. The molecule has 0 aliphatic heterocycles. The molecule has 2 heterocycles. The molecule has 1 aliphatic rings. The molecule has 0 unspecified atom stereocenters. The zero-order valence-corrected chi connectivity index (χ0v) is 17.2. The van der Waals surface area contributed by atoms with Crippen molar-refractivity contribution in [3.05, 3.63) is 36.2 Å². The molecule has 0 atom stereocenters. The number of nitrogens with one attached hydrogen (secondary N) is 1. The summed E-state index contributed by atoms with van der Waals surface area (Å²) in [4.78, 5) is 0. The summed E-state index contributed by atoms with van der Waals surface area (Å²) in [6.45, 7) is 0.525. The Morgan fingerprint density at radius 3 is 2.72 bits per heavy atom. The predicted octanol–water partition coefficient (Wildman–Crippen LogP) is 2.78. The minimum absolute atomic E-state index is 0.117. The van der Waals surface area contributed by atoms with Crippen molar-refractivity contribution in [3.8, 4) is 5.75 Å². The average Bonchev–Trinajstić information content (AvgIpc) is 3.43. The normalized spacial score (nSPS) is 16.3. The van der Waals surface area contributed by atoms with Crippen LogP contribution in [0, 0.1) is 0 Å². The van der Waals surface area contributed by atoms with Crippen molar-refractivity contribution >= 4 is 26.8 Å². The van der Waals surface area contributed by atoms with Crippen LogP contribution in [0.3, 0.4) is 0 Å². The van der Waals surface area contributed by atoms with Crippen LogP contribution >= 0.6 is 0 Å². The lowest BCUT2D eigenvalue weighted by atomic mass is 10.1. The van der Waals surface area contributed by atoms with E-state index < -0.39 is 15.6 Å². The van der Waals surface area contributed by atoms with E-state index in [1.807, 2.05) is 18.3 Å². The molecule has 0 radical (unpaired) electrons. The lowest BCUT2D eigenvalue weighted by molar-refractivity contribution is 0.0156. The van der Waals surface area contributed by atoms with Crippen LogP contribution in [-0.4, -0.2) is 48.9 Å². The second-order valence-corrected chi connectivity index (χ2v) is 9.08. The number of anilines is 1. The molecule has 0 saturated heterocycles. The number of rotatable bonds is 8. The first-order valence-electron chi connectivity index (χ1n) is 9.43. The number of aromatic nitrogens is 3. The Morgan fingerprint density at radius 1 is 1.28 bits per heavy atom. The van der Waals surface area contributed by atoms with Crippen molar-refractivity contribution in [2.45, 2.75) is 37.8 Å². The maximum atomic E-state index is 12.8. The van der Waals surface area contributed by atoms with E-state index in [0.29, 0.717) is 23.3 Å². The van der Waals surface area contributed by atoms with Crippen molar-refractivity contribution in [3.63, 3.8) is 0 Å². The van der Waals surface area contributed by atoms with E-state index in [1.165, 1.54) is 7.11 Å². The Balaban J connectivity index is 1.62. The molecule has 1 fully saturated rings. The van der Waals surface area contributed by atoms with Gasteiger partial charge < -0.3 is 14.0 Å². The molecule has 1 saturated carbocycles. The van der Waals surface area contributed by atoms with E-state index in [1.54, 1.807) is 24.1 Å². The number of benzene rings is 1. The van der Waals surface area contributed by atoms with Crippen LogP contribution in [0.15, 0.2) is 35.1 Å². The molecule has 3 aromatic rings. The molecule has 0 spiro atoms. The number of nitrogens with zero attached hydrogens (tertiary/aromatic N) is 3. The molecular formula is C19H24N4O5S. The third kappa shape index (κ3) is 4.08. The number of hydrogen-bond donors (Lipinski definition) is 1. The first-order valence-corrected chi connectivity index (χ1v) is 11.1. The van der Waals surface area contributed by atoms with Gasteiger partial charge in [-0.2, -0.15) is 5.10 Å². The van der Waals surface area contributed by atoms with Crippen molar-refractivity contribution in [2.75, 3.05) is 24.7 Å². The molecule has 2 aromatic heterocycles. The number of ether oxygens (including phenoxy) is 2. The van der Waals surface area contributed by atoms with Gasteiger partial charge in [0, 0.05) is 19.5 Å². The molecule has 1 N–H and O–H groups in total. The number of hydrogen-bond acceptors (Lipinski definition) is 7. The fourth-order valence-corrected chi connectivity index (χ4v) is 5.55. The summed E-state index contributed by atoms with van der Waals surface area (Å²) in [6.07, 6.45) is 6.93. The predicted molar refractivity (Wildman–Crippen MR) is 108 cm³/mol. The molecule has 1 aliphatic carbocycles. The summed E-state index contributed by atoms with van der Waals surface area (Å²) >= 11 is 0. The van der Waals surface area contributed by atoms with Gasteiger partial charge in [-0.05, 0) is 36.6 Å². The number of fused-ring (bicyclic) bond motifs is 1. The first kappa shape index (κ1) is 19.7. The van der Waals surface area contributed by atoms with E-state index in [9.17, 15) is 8.42 Å². The molecule has 29 heavy (non-hydrogen) atoms. The molecule has 0 amide bonds. The van der Waals surface area contributed by atoms with Crippen molar-refractivity contribution in [2.24, 2.45) is 0 Å². The standard InChI is InChI=1S/C19H24N4O5S/c1-26-15-10-14(12-23-9-5-8-20-23)11-16-17(15)18(21-28-16)22-29(24,25)13-19(27-2)6-3-4-7-19/h5,8-11H,3-4,6-7,12-13H2,1-2H3,(H,21,22). The minimum atomic E-state index is -3.69. The van der Waals surface area contributed by atoms with Gasteiger partial charge in [0.15, 0.2) is 11.4 Å². The van der Waals surface area contributed by atoms with E-state index >= 15 is 0 Å². The average molecular weight is 420 g/mol. The molecular weight excluding hydrogens is 396 g/mol. The Hall–Kier alpha value is -2.59. The highest BCUT2D eigenvalue weighted by Crippen LogP contribution is 2.37. The van der Waals surface area contributed by atoms with E-state index in [-0.39, 0.29) is 11.6 Å². The quantitative estimate of drug-likeness (QED) is 0.597. The van der Waals surface area contributed by atoms with Gasteiger partial charge in [0.05, 0.1) is 25.0 Å². The Kier molecular flexibility index (Phi) is 5.22. The summed E-state index contributed by atoms with van der Waals surface area (Å²) in [6, 6.07) is 5.47. The zero-order chi connectivity index (χ0) is 20.5. The Morgan fingerprint density at radius 2 is 2.07 bits per heavy atom. The van der Waals surface area contributed by atoms with Crippen LogP contribution in [0.1, 0.15) is 31.2 Å². The van der Waals surface area contributed by atoms with Gasteiger partial charge in [0.1, 0.15) is 11.1 Å². The highest BCUT2D eigenvalue weighted by Gasteiger charge is 2.39. The molecule has 156 valence electrons. The van der Waals surface area contributed by atoms with Gasteiger partial charge in [0.2, 0.25) is 10.0 Å². The fourth-order valence-electron chi connectivity index (χ4n) is 3.95. The summed E-state index contributed by atoms with van der Waals surface area (Å²) in [5, 5.41) is 8.62. The fraction of sp³-hybridized carbons (Fsp3) is 0.474. The maximum Gasteiger partial charge on any atom is 0.236 e. The lowest BCUT2D eigenvalue weighted by Crippen LogP contribution is -2.38. The molecule has 9 nitrogen and oxygen atoms in total. The van der Waals surface area contributed by atoms with Crippen molar-refractivity contribution < 1.29 is 22.4 Å². The van der Waals surface area contributed by atoms with Crippen LogP contribution in [0.25, 0.3) is 11.0 Å².